The first-order valence-electron chi connectivity index (χ1n) is 6.23. The van der Waals surface area contributed by atoms with Crippen LogP contribution < -0.4 is 10.1 Å². The van der Waals surface area contributed by atoms with Gasteiger partial charge >= 0.3 is 11.7 Å². The maximum atomic E-state index is 13.2. The quantitative estimate of drug-likeness (QED) is 0.589. The number of hydrogen-bond acceptors (Lipinski definition) is 5. The molecule has 0 aliphatic carbocycles. The van der Waals surface area contributed by atoms with Gasteiger partial charge in [-0.05, 0) is 26.8 Å². The fraction of sp³-hybridized carbons (Fsp3) is 0.462. The first-order chi connectivity index (χ1) is 9.65. The summed E-state index contributed by atoms with van der Waals surface area (Å²) in [6.45, 7) is 4.52. The van der Waals surface area contributed by atoms with E-state index in [9.17, 15) is 24.4 Å². The van der Waals surface area contributed by atoms with Crippen LogP contribution in [-0.2, 0) is 4.79 Å². The third-order valence-corrected chi connectivity index (χ3v) is 2.71. The molecule has 0 heterocycles. The topological polar surface area (TPSA) is 102 Å². The summed E-state index contributed by atoms with van der Waals surface area (Å²) in [5.74, 6) is -2.18. The normalized spacial score (nSPS) is 13.8. The van der Waals surface area contributed by atoms with Crippen LogP contribution >= 0.6 is 0 Å². The van der Waals surface area contributed by atoms with Crippen molar-refractivity contribution >= 4 is 11.7 Å². The van der Waals surface area contributed by atoms with Gasteiger partial charge in [0.05, 0.1) is 4.92 Å². The van der Waals surface area contributed by atoms with E-state index in [1.807, 2.05) is 0 Å². The van der Waals surface area contributed by atoms with Gasteiger partial charge in [-0.15, -0.1) is 0 Å². The summed E-state index contributed by atoms with van der Waals surface area (Å²) in [6.07, 6.45) is 0. The number of ether oxygens (including phenoxy) is 1. The highest BCUT2D eigenvalue weighted by atomic mass is 19.1. The molecule has 0 spiro atoms. The zero-order valence-corrected chi connectivity index (χ0v) is 11.9. The number of nitrogens with one attached hydrogen (secondary N) is 1. The van der Waals surface area contributed by atoms with Gasteiger partial charge in [0.2, 0.25) is 0 Å². The number of carboxylic acids is 1. The molecule has 2 N–H and O–H groups in total. The second kappa shape index (κ2) is 6.49. The monoisotopic (exact) mass is 300 g/mol. The molecule has 1 aromatic rings. The summed E-state index contributed by atoms with van der Waals surface area (Å²) in [6, 6.07) is 2.62. The lowest BCUT2D eigenvalue weighted by Crippen LogP contribution is -2.56. The van der Waals surface area contributed by atoms with Gasteiger partial charge in [-0.2, -0.15) is 0 Å². The van der Waals surface area contributed by atoms with Crippen molar-refractivity contribution in [3.63, 3.8) is 0 Å². The van der Waals surface area contributed by atoms with Crippen molar-refractivity contribution in [2.24, 2.45) is 0 Å². The molecule has 0 saturated carbocycles. The number of carbonyl (C=O) groups is 1. The van der Waals surface area contributed by atoms with E-state index >= 15 is 0 Å². The van der Waals surface area contributed by atoms with E-state index in [0.717, 1.165) is 18.2 Å². The van der Waals surface area contributed by atoms with Crippen LogP contribution in [0, 0.1) is 15.9 Å². The van der Waals surface area contributed by atoms with Gasteiger partial charge in [-0.3, -0.25) is 20.2 Å². The van der Waals surface area contributed by atoms with Gasteiger partial charge in [0.25, 0.3) is 0 Å². The number of hydrogen-bond donors (Lipinski definition) is 2. The van der Waals surface area contributed by atoms with Gasteiger partial charge in [0.1, 0.15) is 18.0 Å². The minimum absolute atomic E-state index is 0.141. The third kappa shape index (κ3) is 4.38. The largest absolute Gasteiger partial charge is 0.484 e. The predicted molar refractivity (Wildman–Crippen MR) is 72.9 cm³/mol. The lowest BCUT2D eigenvalue weighted by molar-refractivity contribution is -0.386. The molecule has 116 valence electrons. The highest BCUT2D eigenvalue weighted by molar-refractivity contribution is 5.78. The highest BCUT2D eigenvalue weighted by Gasteiger charge is 2.35. The molecule has 1 atom stereocenters. The molecule has 0 aromatic heterocycles. The maximum absolute atomic E-state index is 13.2. The van der Waals surface area contributed by atoms with Crippen LogP contribution in [0.3, 0.4) is 0 Å². The van der Waals surface area contributed by atoms with E-state index in [1.54, 1.807) is 13.8 Å². The molecule has 1 rings (SSSR count). The average Bonchev–Trinajstić information content (AvgIpc) is 2.35. The van der Waals surface area contributed by atoms with Gasteiger partial charge in [0.15, 0.2) is 5.75 Å². The molecule has 1 unspecified atom stereocenters. The summed E-state index contributed by atoms with van der Waals surface area (Å²) in [5.41, 5.74) is -1.87. The summed E-state index contributed by atoms with van der Waals surface area (Å²) in [4.78, 5) is 21.4. The summed E-state index contributed by atoms with van der Waals surface area (Å²) >= 11 is 0. The second-order valence-corrected chi connectivity index (χ2v) is 5.09. The van der Waals surface area contributed by atoms with Crippen LogP contribution in [0.1, 0.15) is 20.8 Å². The highest BCUT2D eigenvalue weighted by Crippen LogP contribution is 2.28. The Balaban J connectivity index is 2.98. The smallest absolute Gasteiger partial charge is 0.327 e. The summed E-state index contributed by atoms with van der Waals surface area (Å²) < 4.78 is 18.3. The zero-order valence-electron chi connectivity index (χ0n) is 11.9. The molecule has 0 bridgehead atoms. The number of nitrogens with zero attached hydrogens (tertiary/aromatic N) is 1. The first-order valence-corrected chi connectivity index (χ1v) is 6.23. The van der Waals surface area contributed by atoms with Gasteiger partial charge in [0, 0.05) is 18.2 Å². The number of rotatable bonds is 7. The summed E-state index contributed by atoms with van der Waals surface area (Å²) in [5, 5.41) is 22.9. The fourth-order valence-corrected chi connectivity index (χ4v) is 1.78. The number of aliphatic carboxylic acids is 1. The maximum Gasteiger partial charge on any atom is 0.327 e. The SMILES string of the molecule is CC(C)NC(C)(COc1cc(F)ccc1[N+](=O)[O-])C(=O)O. The van der Waals surface area contributed by atoms with Crippen LogP contribution in [0.25, 0.3) is 0 Å². The van der Waals surface area contributed by atoms with E-state index < -0.39 is 27.9 Å². The second-order valence-electron chi connectivity index (χ2n) is 5.09. The Hall–Kier alpha value is -2.22. The fourth-order valence-electron chi connectivity index (χ4n) is 1.78. The van der Waals surface area contributed by atoms with Crippen molar-refractivity contribution in [3.05, 3.63) is 34.1 Å². The van der Waals surface area contributed by atoms with Crippen molar-refractivity contribution in [1.29, 1.82) is 0 Å². The van der Waals surface area contributed by atoms with E-state index in [2.05, 4.69) is 5.32 Å². The predicted octanol–water partition coefficient (Wildman–Crippen LogP) is 1.95. The molecule has 0 radical (unpaired) electrons. The molecule has 0 aliphatic heterocycles. The Kier molecular flexibility index (Phi) is 5.20. The van der Waals surface area contributed by atoms with Crippen LogP contribution in [0.2, 0.25) is 0 Å². The zero-order chi connectivity index (χ0) is 16.2. The van der Waals surface area contributed by atoms with Gasteiger partial charge < -0.3 is 9.84 Å². The molecular weight excluding hydrogens is 283 g/mol. The number of nitro groups is 1. The van der Waals surface area contributed by atoms with Crippen LogP contribution in [-0.4, -0.2) is 34.2 Å². The van der Waals surface area contributed by atoms with Crippen molar-refractivity contribution in [3.8, 4) is 5.75 Å². The van der Waals surface area contributed by atoms with Crippen LogP contribution in [0.15, 0.2) is 18.2 Å². The summed E-state index contributed by atoms with van der Waals surface area (Å²) in [7, 11) is 0. The van der Waals surface area contributed by atoms with E-state index in [-0.39, 0.29) is 18.4 Å². The molecule has 0 saturated heterocycles. The Labute approximate surface area is 120 Å². The average molecular weight is 300 g/mol. The molecule has 8 heteroatoms. The molecule has 0 aliphatic rings. The lowest BCUT2D eigenvalue weighted by atomic mass is 10.0. The molecule has 21 heavy (non-hydrogen) atoms. The van der Waals surface area contributed by atoms with E-state index in [1.165, 1.54) is 6.92 Å². The first kappa shape index (κ1) is 16.8. The van der Waals surface area contributed by atoms with E-state index in [4.69, 9.17) is 4.74 Å². The standard InChI is InChI=1S/C13H17FN2O5/c1-8(2)15-13(3,12(17)18)7-21-11-6-9(14)4-5-10(11)16(19)20/h4-6,8,15H,7H2,1-3H3,(H,17,18). The Bertz CT molecular complexity index is 549. The molecule has 0 amide bonds. The number of benzene rings is 1. The van der Waals surface area contributed by atoms with Crippen molar-refractivity contribution < 1.29 is 24.0 Å². The van der Waals surface area contributed by atoms with Crippen molar-refractivity contribution in [1.82, 2.24) is 5.32 Å². The van der Waals surface area contributed by atoms with Crippen molar-refractivity contribution in [2.75, 3.05) is 6.61 Å². The number of nitro benzene ring substituents is 1. The van der Waals surface area contributed by atoms with Crippen LogP contribution in [0.4, 0.5) is 10.1 Å². The molecule has 0 fully saturated rings. The van der Waals surface area contributed by atoms with Gasteiger partial charge in [-0.25, -0.2) is 4.39 Å². The van der Waals surface area contributed by atoms with Crippen LogP contribution in [0.5, 0.6) is 5.75 Å². The van der Waals surface area contributed by atoms with Crippen molar-refractivity contribution in [2.45, 2.75) is 32.4 Å². The number of halogens is 1. The Morgan fingerprint density at radius 2 is 2.19 bits per heavy atom. The Morgan fingerprint density at radius 1 is 1.57 bits per heavy atom. The van der Waals surface area contributed by atoms with E-state index in [0.29, 0.717) is 0 Å². The third-order valence-electron chi connectivity index (χ3n) is 2.71. The molecular formula is C13H17FN2O5. The molecule has 1 aromatic carbocycles. The minimum Gasteiger partial charge on any atom is -0.484 e. The minimum atomic E-state index is -1.45. The Morgan fingerprint density at radius 3 is 2.67 bits per heavy atom. The number of carboxylic acid groups (broad SMARTS) is 1. The molecule has 7 nitrogen and oxygen atoms in total. The van der Waals surface area contributed by atoms with Gasteiger partial charge in [-0.1, -0.05) is 0 Å². The lowest BCUT2D eigenvalue weighted by Gasteiger charge is -2.28.